The molecule has 0 saturated carbocycles. The van der Waals surface area contributed by atoms with Crippen molar-refractivity contribution in [1.29, 1.82) is 0 Å². The minimum Gasteiger partial charge on any atom is -0.339 e. The largest absolute Gasteiger partial charge is 0.339 e. The Hall–Kier alpha value is -1.84. The van der Waals surface area contributed by atoms with E-state index in [1.807, 2.05) is 0 Å². The monoisotopic (exact) mass is 326 g/mol. The summed E-state index contributed by atoms with van der Waals surface area (Å²) >= 11 is 0. The zero-order valence-corrected chi connectivity index (χ0v) is 12.5. The van der Waals surface area contributed by atoms with E-state index in [-0.39, 0.29) is 17.3 Å². The van der Waals surface area contributed by atoms with Gasteiger partial charge in [0.05, 0.1) is 5.56 Å². The second-order valence-corrected chi connectivity index (χ2v) is 6.70. The van der Waals surface area contributed by atoms with Crippen LogP contribution in [0.1, 0.15) is 24.7 Å². The highest BCUT2D eigenvalue weighted by Crippen LogP contribution is 2.29. The predicted octanol–water partition coefficient (Wildman–Crippen LogP) is 1.26. The van der Waals surface area contributed by atoms with Gasteiger partial charge in [-0.2, -0.15) is 17.7 Å². The Morgan fingerprint density at radius 1 is 1.27 bits per heavy atom. The van der Waals surface area contributed by atoms with Crippen molar-refractivity contribution in [3.8, 4) is 11.4 Å². The molecule has 1 aliphatic rings. The molecule has 1 aliphatic heterocycles. The SMILES string of the molecule is NS(=O)(=O)N1CCC(c2nc(-c3ccccc3F)no2)CC1. The molecule has 9 heteroatoms. The molecule has 3 rings (SSSR count). The number of piperidine rings is 1. The number of hydrogen-bond donors (Lipinski definition) is 1. The van der Waals surface area contributed by atoms with E-state index < -0.39 is 16.0 Å². The topological polar surface area (TPSA) is 102 Å². The van der Waals surface area contributed by atoms with Crippen molar-refractivity contribution in [2.24, 2.45) is 5.14 Å². The smallest absolute Gasteiger partial charge is 0.276 e. The molecule has 0 unspecified atom stereocenters. The first-order chi connectivity index (χ1) is 10.4. The molecule has 118 valence electrons. The molecular weight excluding hydrogens is 311 g/mol. The van der Waals surface area contributed by atoms with E-state index in [1.54, 1.807) is 18.2 Å². The Kier molecular flexibility index (Phi) is 3.94. The third-order valence-electron chi connectivity index (χ3n) is 3.72. The van der Waals surface area contributed by atoms with E-state index >= 15 is 0 Å². The van der Waals surface area contributed by atoms with Crippen LogP contribution in [0.15, 0.2) is 28.8 Å². The second kappa shape index (κ2) is 5.75. The van der Waals surface area contributed by atoms with E-state index in [0.717, 1.165) is 0 Å². The van der Waals surface area contributed by atoms with Gasteiger partial charge in [-0.05, 0) is 25.0 Å². The van der Waals surface area contributed by atoms with Crippen molar-refractivity contribution in [1.82, 2.24) is 14.4 Å². The van der Waals surface area contributed by atoms with E-state index in [2.05, 4.69) is 10.1 Å². The molecule has 1 aromatic heterocycles. The normalized spacial score (nSPS) is 17.7. The molecule has 1 fully saturated rings. The van der Waals surface area contributed by atoms with Crippen LogP contribution in [0.25, 0.3) is 11.4 Å². The molecule has 0 aliphatic carbocycles. The maximum Gasteiger partial charge on any atom is 0.276 e. The third kappa shape index (κ3) is 3.01. The molecule has 1 saturated heterocycles. The summed E-state index contributed by atoms with van der Waals surface area (Å²) in [5, 5.41) is 8.90. The fraction of sp³-hybridized carbons (Fsp3) is 0.385. The van der Waals surface area contributed by atoms with Crippen molar-refractivity contribution in [2.75, 3.05) is 13.1 Å². The number of halogens is 1. The average Bonchev–Trinajstić information content (AvgIpc) is 2.96. The number of benzene rings is 1. The molecule has 0 atom stereocenters. The van der Waals surface area contributed by atoms with Crippen LogP contribution in [-0.2, 0) is 10.2 Å². The summed E-state index contributed by atoms with van der Waals surface area (Å²) in [6.45, 7) is 0.613. The van der Waals surface area contributed by atoms with Gasteiger partial charge in [0.2, 0.25) is 11.7 Å². The third-order valence-corrected chi connectivity index (χ3v) is 4.80. The molecule has 2 N–H and O–H groups in total. The predicted molar refractivity (Wildman–Crippen MR) is 76.3 cm³/mol. The molecule has 0 radical (unpaired) electrons. The Morgan fingerprint density at radius 2 is 1.95 bits per heavy atom. The lowest BCUT2D eigenvalue weighted by molar-refractivity contribution is 0.271. The molecule has 7 nitrogen and oxygen atoms in total. The van der Waals surface area contributed by atoms with Crippen LogP contribution in [0.3, 0.4) is 0 Å². The van der Waals surface area contributed by atoms with Crippen LogP contribution in [0, 0.1) is 5.82 Å². The van der Waals surface area contributed by atoms with Gasteiger partial charge in [-0.1, -0.05) is 17.3 Å². The highest BCUT2D eigenvalue weighted by Gasteiger charge is 2.29. The highest BCUT2D eigenvalue weighted by molar-refractivity contribution is 7.86. The Labute approximate surface area is 127 Å². The molecule has 0 amide bonds. The lowest BCUT2D eigenvalue weighted by Crippen LogP contribution is -2.41. The Balaban J connectivity index is 1.75. The van der Waals surface area contributed by atoms with Gasteiger partial charge >= 0.3 is 0 Å². The van der Waals surface area contributed by atoms with E-state index in [4.69, 9.17) is 9.66 Å². The fourth-order valence-electron chi connectivity index (χ4n) is 2.51. The molecule has 0 bridgehead atoms. The molecule has 22 heavy (non-hydrogen) atoms. The molecular formula is C13H15FN4O3S. The summed E-state index contributed by atoms with van der Waals surface area (Å²) in [7, 11) is -3.66. The Morgan fingerprint density at radius 3 is 2.59 bits per heavy atom. The summed E-state index contributed by atoms with van der Waals surface area (Å²) in [6, 6.07) is 6.19. The van der Waals surface area contributed by atoms with Gasteiger partial charge < -0.3 is 4.52 Å². The average molecular weight is 326 g/mol. The first-order valence-corrected chi connectivity index (χ1v) is 8.32. The van der Waals surface area contributed by atoms with Gasteiger partial charge in [0.25, 0.3) is 10.2 Å². The van der Waals surface area contributed by atoms with Gasteiger partial charge in [-0.25, -0.2) is 9.53 Å². The first-order valence-electron chi connectivity index (χ1n) is 6.81. The molecule has 2 aromatic rings. The van der Waals surface area contributed by atoms with Crippen molar-refractivity contribution in [3.63, 3.8) is 0 Å². The van der Waals surface area contributed by atoms with Crippen LogP contribution in [0.2, 0.25) is 0 Å². The zero-order valence-electron chi connectivity index (χ0n) is 11.6. The zero-order chi connectivity index (χ0) is 15.7. The first kappa shape index (κ1) is 15.1. The number of aromatic nitrogens is 2. The fourth-order valence-corrected chi connectivity index (χ4v) is 3.23. The van der Waals surface area contributed by atoms with Gasteiger partial charge in [-0.3, -0.25) is 0 Å². The molecule has 0 spiro atoms. The minimum absolute atomic E-state index is 0.0500. The van der Waals surface area contributed by atoms with Gasteiger partial charge in [0.15, 0.2) is 0 Å². The van der Waals surface area contributed by atoms with Crippen molar-refractivity contribution >= 4 is 10.2 Å². The maximum atomic E-state index is 13.7. The number of rotatable bonds is 3. The summed E-state index contributed by atoms with van der Waals surface area (Å²) in [6.07, 6.45) is 1.07. The van der Waals surface area contributed by atoms with Crippen LogP contribution in [0.4, 0.5) is 4.39 Å². The van der Waals surface area contributed by atoms with Crippen molar-refractivity contribution < 1.29 is 17.3 Å². The lowest BCUT2D eigenvalue weighted by atomic mass is 9.98. The summed E-state index contributed by atoms with van der Waals surface area (Å²) < 4.78 is 42.7. The van der Waals surface area contributed by atoms with E-state index in [1.165, 1.54) is 10.4 Å². The standard InChI is InChI=1S/C13H15FN4O3S/c14-11-4-2-1-3-10(11)12-16-13(21-17-12)9-5-7-18(8-6-9)22(15,19)20/h1-4,9H,5-8H2,(H2,15,19,20). The minimum atomic E-state index is -3.66. The van der Waals surface area contributed by atoms with E-state index in [9.17, 15) is 12.8 Å². The highest BCUT2D eigenvalue weighted by atomic mass is 32.2. The van der Waals surface area contributed by atoms with E-state index in [0.29, 0.717) is 31.8 Å². The summed E-state index contributed by atoms with van der Waals surface area (Å²) in [4.78, 5) is 4.24. The van der Waals surface area contributed by atoms with Crippen LogP contribution in [0.5, 0.6) is 0 Å². The van der Waals surface area contributed by atoms with Crippen LogP contribution in [-0.4, -0.2) is 36.0 Å². The molecule has 1 aromatic carbocycles. The maximum absolute atomic E-state index is 13.7. The number of nitrogens with two attached hydrogens (primary N) is 1. The van der Waals surface area contributed by atoms with Gasteiger partial charge in [-0.15, -0.1) is 0 Å². The van der Waals surface area contributed by atoms with Crippen molar-refractivity contribution in [3.05, 3.63) is 36.0 Å². The van der Waals surface area contributed by atoms with Crippen molar-refractivity contribution in [2.45, 2.75) is 18.8 Å². The number of hydrogen-bond acceptors (Lipinski definition) is 5. The molecule has 2 heterocycles. The van der Waals surface area contributed by atoms with Gasteiger partial charge in [0.1, 0.15) is 5.82 Å². The van der Waals surface area contributed by atoms with Crippen LogP contribution < -0.4 is 5.14 Å². The van der Waals surface area contributed by atoms with Gasteiger partial charge in [0, 0.05) is 19.0 Å². The second-order valence-electron chi connectivity index (χ2n) is 5.15. The lowest BCUT2D eigenvalue weighted by Gasteiger charge is -2.27. The Bertz CT molecular complexity index is 769. The number of nitrogens with zero attached hydrogens (tertiary/aromatic N) is 3. The van der Waals surface area contributed by atoms with Crippen LogP contribution >= 0.6 is 0 Å². The summed E-state index contributed by atoms with van der Waals surface area (Å²) in [5.74, 6) is 0.124. The quantitative estimate of drug-likeness (QED) is 0.914. The summed E-state index contributed by atoms with van der Waals surface area (Å²) in [5.41, 5.74) is 0.277.